The molecular weight excluding hydrogens is 224 g/mol. The topological polar surface area (TPSA) is 121 Å². The molecule has 0 N–H and O–H groups in total. The largest absolute Gasteiger partial charge is 0.330 e. The van der Waals surface area contributed by atoms with E-state index in [1.807, 2.05) is 11.9 Å². The molecule has 1 atom stereocenters. The van der Waals surface area contributed by atoms with Gasteiger partial charge in [-0.3, -0.25) is 9.69 Å². The van der Waals surface area contributed by atoms with E-state index in [1.165, 1.54) is 4.90 Å². The molecule has 1 aliphatic rings. The maximum absolute atomic E-state index is 12.1. The third-order valence-electron chi connectivity index (χ3n) is 2.71. The van der Waals surface area contributed by atoms with Crippen LogP contribution < -0.4 is 0 Å². The fraction of sp³-hybridized carbons (Fsp3) is 0.875. The molecule has 0 saturated carbocycles. The van der Waals surface area contributed by atoms with Crippen LogP contribution in [0.1, 0.15) is 12.8 Å². The average molecular weight is 238 g/mol. The molecule has 17 heavy (non-hydrogen) atoms. The first kappa shape index (κ1) is 13.1. The summed E-state index contributed by atoms with van der Waals surface area (Å²) >= 11 is 0. The molecule has 92 valence electrons. The van der Waals surface area contributed by atoms with Crippen LogP contribution in [0.25, 0.3) is 20.9 Å². The molecule has 0 bridgehead atoms. The highest BCUT2D eigenvalue weighted by Gasteiger charge is 2.30. The molecule has 0 spiro atoms. The lowest BCUT2D eigenvalue weighted by molar-refractivity contribution is -0.135. The van der Waals surface area contributed by atoms with E-state index in [9.17, 15) is 4.79 Å². The van der Waals surface area contributed by atoms with Crippen LogP contribution >= 0.6 is 0 Å². The second-order valence-corrected chi connectivity index (χ2v) is 3.76. The van der Waals surface area contributed by atoms with E-state index >= 15 is 0 Å². The van der Waals surface area contributed by atoms with Gasteiger partial charge in [-0.15, -0.1) is 0 Å². The maximum atomic E-state index is 12.1. The van der Waals surface area contributed by atoms with Gasteiger partial charge in [0.2, 0.25) is 5.91 Å². The number of carbonyl (C=O) groups is 1. The number of carbonyl (C=O) groups excluding carboxylic acids is 1. The first-order chi connectivity index (χ1) is 8.20. The van der Waals surface area contributed by atoms with Gasteiger partial charge in [-0.05, 0) is 37.5 Å². The molecule has 0 radical (unpaired) electrons. The molecule has 0 aromatic heterocycles. The molecule has 0 aromatic rings. The number of hydrogen-bond acceptors (Lipinski definition) is 4. The molecule has 9 nitrogen and oxygen atoms in total. The standard InChI is InChI=1S/C8H14N8O/c1-15-4-2-3-7(15)8(17)16(5-11-13-9)6-12-14-10/h7H,2-6H2,1H3. The third kappa shape index (κ3) is 3.53. The predicted octanol–water partition coefficient (Wildman–Crippen LogP) is 1.44. The Labute approximate surface area is 98.2 Å². The summed E-state index contributed by atoms with van der Waals surface area (Å²) in [5.74, 6) is -0.162. The smallest absolute Gasteiger partial charge is 0.240 e. The normalized spacial score (nSPS) is 19.2. The molecule has 1 aliphatic heterocycles. The van der Waals surface area contributed by atoms with Crippen LogP contribution in [0.15, 0.2) is 10.2 Å². The van der Waals surface area contributed by atoms with Gasteiger partial charge in [0.25, 0.3) is 0 Å². The van der Waals surface area contributed by atoms with Crippen LogP contribution in [0.2, 0.25) is 0 Å². The maximum Gasteiger partial charge on any atom is 0.240 e. The lowest BCUT2D eigenvalue weighted by atomic mass is 10.2. The Bertz CT molecular complexity index is 350. The monoisotopic (exact) mass is 238 g/mol. The van der Waals surface area contributed by atoms with Gasteiger partial charge in [0.1, 0.15) is 0 Å². The van der Waals surface area contributed by atoms with Crippen molar-refractivity contribution >= 4 is 5.91 Å². The zero-order valence-corrected chi connectivity index (χ0v) is 9.60. The van der Waals surface area contributed by atoms with Crippen molar-refractivity contribution < 1.29 is 4.79 Å². The van der Waals surface area contributed by atoms with Gasteiger partial charge in [0, 0.05) is 9.82 Å². The number of amides is 1. The number of likely N-dealkylation sites (tertiary alicyclic amines) is 1. The second kappa shape index (κ2) is 6.59. The van der Waals surface area contributed by atoms with E-state index in [4.69, 9.17) is 11.1 Å². The van der Waals surface area contributed by atoms with Crippen LogP contribution in [0.3, 0.4) is 0 Å². The Kier molecular flexibility index (Phi) is 5.09. The summed E-state index contributed by atoms with van der Waals surface area (Å²) in [6.07, 6.45) is 1.74. The van der Waals surface area contributed by atoms with E-state index in [1.54, 1.807) is 0 Å². The fourth-order valence-corrected chi connectivity index (χ4v) is 1.83. The Morgan fingerprint density at radius 3 is 2.41 bits per heavy atom. The van der Waals surface area contributed by atoms with Crippen LogP contribution in [-0.2, 0) is 4.79 Å². The third-order valence-corrected chi connectivity index (χ3v) is 2.71. The van der Waals surface area contributed by atoms with Crippen molar-refractivity contribution in [1.29, 1.82) is 0 Å². The van der Waals surface area contributed by atoms with Crippen LogP contribution in [0.4, 0.5) is 0 Å². The van der Waals surface area contributed by atoms with Crippen LogP contribution in [-0.4, -0.2) is 48.7 Å². The number of rotatable bonds is 5. The number of hydrogen-bond donors (Lipinski definition) is 0. The Balaban J connectivity index is 2.69. The molecule has 1 fully saturated rings. The molecule has 1 rings (SSSR count). The number of azide groups is 2. The Morgan fingerprint density at radius 1 is 1.41 bits per heavy atom. The highest BCUT2D eigenvalue weighted by Crippen LogP contribution is 2.17. The minimum absolute atomic E-state index is 0.112. The zero-order valence-electron chi connectivity index (χ0n) is 9.60. The SMILES string of the molecule is CN1CCCC1C(=O)N(CN=[N+]=[N-])CN=[N+]=[N-]. The van der Waals surface area contributed by atoms with E-state index in [0.29, 0.717) is 0 Å². The predicted molar refractivity (Wildman–Crippen MR) is 60.5 cm³/mol. The molecular formula is C8H14N8O. The first-order valence-corrected chi connectivity index (χ1v) is 5.21. The summed E-state index contributed by atoms with van der Waals surface area (Å²) in [6.45, 7) is 0.644. The Morgan fingerprint density at radius 2 is 2.00 bits per heavy atom. The molecule has 0 aliphatic carbocycles. The van der Waals surface area contributed by atoms with E-state index in [0.717, 1.165) is 19.4 Å². The average Bonchev–Trinajstić information content (AvgIpc) is 2.75. The van der Waals surface area contributed by atoms with Crippen molar-refractivity contribution in [2.24, 2.45) is 10.2 Å². The second-order valence-electron chi connectivity index (χ2n) is 3.76. The van der Waals surface area contributed by atoms with Crippen molar-refractivity contribution in [3.05, 3.63) is 20.9 Å². The van der Waals surface area contributed by atoms with Crippen LogP contribution in [0.5, 0.6) is 0 Å². The lowest BCUT2D eigenvalue weighted by Crippen LogP contribution is -2.44. The summed E-state index contributed by atoms with van der Waals surface area (Å²) in [4.78, 5) is 20.5. The number of nitrogens with zero attached hydrogens (tertiary/aromatic N) is 8. The van der Waals surface area contributed by atoms with Crippen molar-refractivity contribution in [1.82, 2.24) is 9.80 Å². The summed E-state index contributed by atoms with van der Waals surface area (Å²) in [6, 6.07) is -0.210. The minimum atomic E-state index is -0.210. The van der Waals surface area contributed by atoms with E-state index < -0.39 is 0 Å². The molecule has 1 heterocycles. The molecule has 9 heteroatoms. The van der Waals surface area contributed by atoms with Gasteiger partial charge in [-0.25, -0.2) is 0 Å². The van der Waals surface area contributed by atoms with Crippen molar-refractivity contribution in [2.45, 2.75) is 18.9 Å². The fourth-order valence-electron chi connectivity index (χ4n) is 1.83. The highest BCUT2D eigenvalue weighted by molar-refractivity contribution is 5.82. The molecule has 1 amide bonds. The first-order valence-electron chi connectivity index (χ1n) is 5.21. The molecule has 1 saturated heterocycles. The van der Waals surface area contributed by atoms with Crippen molar-refractivity contribution in [3.63, 3.8) is 0 Å². The van der Waals surface area contributed by atoms with Gasteiger partial charge in [0.15, 0.2) is 0 Å². The summed E-state index contributed by atoms with van der Waals surface area (Å²) < 4.78 is 0. The van der Waals surface area contributed by atoms with Gasteiger partial charge >= 0.3 is 0 Å². The highest BCUT2D eigenvalue weighted by atomic mass is 16.2. The van der Waals surface area contributed by atoms with E-state index in [2.05, 4.69) is 20.1 Å². The van der Waals surface area contributed by atoms with Crippen LogP contribution in [0, 0.1) is 0 Å². The zero-order chi connectivity index (χ0) is 12.7. The Hall–Kier alpha value is -1.95. The summed E-state index contributed by atoms with van der Waals surface area (Å²) in [5, 5.41) is 6.65. The molecule has 0 aromatic carbocycles. The van der Waals surface area contributed by atoms with Gasteiger partial charge < -0.3 is 4.90 Å². The van der Waals surface area contributed by atoms with Gasteiger partial charge in [-0.2, -0.15) is 0 Å². The quantitative estimate of drug-likeness (QED) is 0.408. The lowest BCUT2D eigenvalue weighted by Gasteiger charge is -2.25. The van der Waals surface area contributed by atoms with Crippen molar-refractivity contribution in [2.75, 3.05) is 26.9 Å². The number of likely N-dealkylation sites (N-methyl/N-ethyl adjacent to an activating group) is 1. The minimum Gasteiger partial charge on any atom is -0.330 e. The summed E-state index contributed by atoms with van der Waals surface area (Å²) in [7, 11) is 1.87. The van der Waals surface area contributed by atoms with Gasteiger partial charge in [0.05, 0.1) is 19.4 Å². The molecule has 1 unspecified atom stereocenters. The summed E-state index contributed by atoms with van der Waals surface area (Å²) in [5.41, 5.74) is 16.5. The van der Waals surface area contributed by atoms with Crippen molar-refractivity contribution in [3.8, 4) is 0 Å². The van der Waals surface area contributed by atoms with E-state index in [-0.39, 0.29) is 25.3 Å². The van der Waals surface area contributed by atoms with Gasteiger partial charge in [-0.1, -0.05) is 10.2 Å².